The lowest BCUT2D eigenvalue weighted by atomic mass is 10.2. The number of aromatic hydroxyl groups is 1. The zero-order valence-electron chi connectivity index (χ0n) is 13.2. The number of nitrogens with zero attached hydrogens (tertiary/aromatic N) is 1. The van der Waals surface area contributed by atoms with E-state index in [0.717, 1.165) is 0 Å². The fourth-order valence-electron chi connectivity index (χ4n) is 2.32. The maximum Gasteiger partial charge on any atom is 0.270 e. The van der Waals surface area contributed by atoms with Crippen molar-refractivity contribution < 1.29 is 19.0 Å². The molecule has 128 valence electrons. The largest absolute Gasteiger partial charge is 0.504 e. The van der Waals surface area contributed by atoms with Crippen molar-refractivity contribution in [2.24, 2.45) is 0 Å². The molecule has 1 aliphatic heterocycles. The first-order chi connectivity index (χ1) is 12.0. The molecule has 25 heavy (non-hydrogen) atoms. The van der Waals surface area contributed by atoms with Crippen LogP contribution in [0.4, 0.5) is 10.1 Å². The number of anilines is 1. The van der Waals surface area contributed by atoms with Crippen LogP contribution in [0.2, 0.25) is 0 Å². The normalized spacial score (nSPS) is 15.9. The van der Waals surface area contributed by atoms with Crippen LogP contribution in [0.25, 0.3) is 6.08 Å². The number of rotatable bonds is 4. The van der Waals surface area contributed by atoms with Crippen molar-refractivity contribution in [2.45, 2.75) is 6.92 Å². The van der Waals surface area contributed by atoms with Crippen molar-refractivity contribution in [2.75, 3.05) is 11.5 Å². The van der Waals surface area contributed by atoms with E-state index in [1.807, 2.05) is 6.92 Å². The van der Waals surface area contributed by atoms with Gasteiger partial charge in [0.15, 0.2) is 15.8 Å². The number of hydrogen-bond acceptors (Lipinski definition) is 5. The number of phenols is 1. The van der Waals surface area contributed by atoms with Gasteiger partial charge in [-0.2, -0.15) is 0 Å². The SMILES string of the molecule is CCOc1cc(/C=C2/SC(=S)N(c3ccc(F)cc3)C2=O)ccc1O. The molecule has 7 heteroatoms. The number of phenolic OH excluding ortho intramolecular Hbond substituents is 1. The van der Waals surface area contributed by atoms with Crippen molar-refractivity contribution >= 4 is 46.0 Å². The second-order valence-corrected chi connectivity index (χ2v) is 6.83. The maximum absolute atomic E-state index is 13.1. The van der Waals surface area contributed by atoms with Crippen LogP contribution in [-0.4, -0.2) is 21.9 Å². The van der Waals surface area contributed by atoms with Gasteiger partial charge in [-0.15, -0.1) is 0 Å². The molecule has 1 heterocycles. The third-order valence-corrected chi connectivity index (χ3v) is 4.76. The van der Waals surface area contributed by atoms with Crippen molar-refractivity contribution in [1.29, 1.82) is 0 Å². The van der Waals surface area contributed by atoms with E-state index >= 15 is 0 Å². The lowest BCUT2D eigenvalue weighted by Gasteiger charge is -2.14. The molecule has 2 aromatic rings. The molecule has 0 aromatic heterocycles. The van der Waals surface area contributed by atoms with Crippen LogP contribution in [0, 0.1) is 5.82 Å². The number of halogens is 1. The summed E-state index contributed by atoms with van der Waals surface area (Å²) in [5, 5.41) is 9.76. The molecule has 1 N–H and O–H groups in total. The average molecular weight is 375 g/mol. The van der Waals surface area contributed by atoms with Gasteiger partial charge < -0.3 is 9.84 Å². The van der Waals surface area contributed by atoms with E-state index in [-0.39, 0.29) is 17.5 Å². The van der Waals surface area contributed by atoms with Gasteiger partial charge in [0.1, 0.15) is 5.82 Å². The molecule has 4 nitrogen and oxygen atoms in total. The van der Waals surface area contributed by atoms with E-state index in [1.54, 1.807) is 18.2 Å². The first-order valence-corrected chi connectivity index (χ1v) is 8.71. The molecule has 3 rings (SSSR count). The van der Waals surface area contributed by atoms with Gasteiger partial charge in [-0.3, -0.25) is 9.69 Å². The Morgan fingerprint density at radius 1 is 1.28 bits per heavy atom. The zero-order valence-corrected chi connectivity index (χ0v) is 14.9. The van der Waals surface area contributed by atoms with Crippen LogP contribution < -0.4 is 9.64 Å². The van der Waals surface area contributed by atoms with Crippen molar-refractivity contribution in [1.82, 2.24) is 0 Å². The Morgan fingerprint density at radius 2 is 2.00 bits per heavy atom. The number of thioether (sulfide) groups is 1. The van der Waals surface area contributed by atoms with Gasteiger partial charge in [-0.1, -0.05) is 30.0 Å². The third-order valence-electron chi connectivity index (χ3n) is 3.46. The van der Waals surface area contributed by atoms with Gasteiger partial charge in [-0.05, 0) is 55.0 Å². The van der Waals surface area contributed by atoms with Crippen LogP contribution in [0.3, 0.4) is 0 Å². The average Bonchev–Trinajstić information content (AvgIpc) is 2.86. The van der Waals surface area contributed by atoms with Crippen LogP contribution in [0.15, 0.2) is 47.4 Å². The van der Waals surface area contributed by atoms with Gasteiger partial charge in [0.05, 0.1) is 17.2 Å². The van der Waals surface area contributed by atoms with Crippen LogP contribution in [-0.2, 0) is 4.79 Å². The zero-order chi connectivity index (χ0) is 18.0. The smallest absolute Gasteiger partial charge is 0.270 e. The number of carbonyl (C=O) groups is 1. The Hall–Kier alpha value is -2.38. The molecule has 1 aliphatic rings. The summed E-state index contributed by atoms with van der Waals surface area (Å²) < 4.78 is 18.8. The summed E-state index contributed by atoms with van der Waals surface area (Å²) >= 11 is 6.45. The minimum atomic E-state index is -0.378. The highest BCUT2D eigenvalue weighted by Crippen LogP contribution is 2.37. The number of ether oxygens (including phenoxy) is 1. The molecule has 0 aliphatic carbocycles. The number of carbonyl (C=O) groups excluding carboxylic acids is 1. The highest BCUT2D eigenvalue weighted by molar-refractivity contribution is 8.27. The van der Waals surface area contributed by atoms with E-state index in [2.05, 4.69) is 0 Å². The molecule has 0 spiro atoms. The Balaban J connectivity index is 1.90. The maximum atomic E-state index is 13.1. The Morgan fingerprint density at radius 3 is 2.68 bits per heavy atom. The predicted molar refractivity (Wildman–Crippen MR) is 101 cm³/mol. The standard InChI is InChI=1S/C18H14FNO3S2/c1-2-23-15-9-11(3-8-14(15)21)10-16-17(22)20(18(24)25-16)13-6-4-12(19)5-7-13/h3-10,21H,2H2,1H3/b16-10+. The quantitative estimate of drug-likeness (QED) is 0.636. The molecule has 2 aromatic carbocycles. The summed E-state index contributed by atoms with van der Waals surface area (Å²) in [6, 6.07) is 10.4. The van der Waals surface area contributed by atoms with Crippen molar-refractivity contribution in [3.05, 3.63) is 58.8 Å². The van der Waals surface area contributed by atoms with E-state index in [4.69, 9.17) is 17.0 Å². The molecule has 0 bridgehead atoms. The van der Waals surface area contributed by atoms with E-state index < -0.39 is 0 Å². The summed E-state index contributed by atoms with van der Waals surface area (Å²) in [6.07, 6.45) is 1.69. The second-order valence-electron chi connectivity index (χ2n) is 5.15. The first-order valence-electron chi connectivity index (χ1n) is 7.49. The van der Waals surface area contributed by atoms with E-state index in [1.165, 1.54) is 47.0 Å². The topological polar surface area (TPSA) is 49.8 Å². The van der Waals surface area contributed by atoms with Crippen LogP contribution >= 0.6 is 24.0 Å². The third kappa shape index (κ3) is 3.67. The summed E-state index contributed by atoms with van der Waals surface area (Å²) in [6.45, 7) is 2.24. The highest BCUT2D eigenvalue weighted by Gasteiger charge is 2.33. The van der Waals surface area contributed by atoms with Gasteiger partial charge in [0, 0.05) is 0 Å². The fraction of sp³-hybridized carbons (Fsp3) is 0.111. The van der Waals surface area contributed by atoms with Crippen LogP contribution in [0.5, 0.6) is 11.5 Å². The number of amides is 1. The minimum absolute atomic E-state index is 0.0397. The van der Waals surface area contributed by atoms with E-state index in [0.29, 0.717) is 32.8 Å². The lowest BCUT2D eigenvalue weighted by molar-refractivity contribution is -0.113. The van der Waals surface area contributed by atoms with Crippen molar-refractivity contribution in [3.63, 3.8) is 0 Å². The molecule has 1 saturated heterocycles. The van der Waals surface area contributed by atoms with Gasteiger partial charge in [0.25, 0.3) is 5.91 Å². The molecule has 0 saturated carbocycles. The number of benzene rings is 2. The second kappa shape index (κ2) is 7.25. The predicted octanol–water partition coefficient (Wildman–Crippen LogP) is 4.34. The lowest BCUT2D eigenvalue weighted by Crippen LogP contribution is -2.27. The molecule has 0 atom stereocenters. The summed E-state index contributed by atoms with van der Waals surface area (Å²) in [5.41, 5.74) is 1.23. The fourth-order valence-corrected chi connectivity index (χ4v) is 3.62. The first kappa shape index (κ1) is 17.4. The molecule has 0 radical (unpaired) electrons. The molecule has 1 fully saturated rings. The molecular formula is C18H14FNO3S2. The summed E-state index contributed by atoms with van der Waals surface area (Å²) in [5.74, 6) is -0.256. The Labute approximate surface area is 153 Å². The number of thiocarbonyl (C=S) groups is 1. The van der Waals surface area contributed by atoms with Gasteiger partial charge in [-0.25, -0.2) is 4.39 Å². The molecular weight excluding hydrogens is 361 g/mol. The summed E-state index contributed by atoms with van der Waals surface area (Å²) in [7, 11) is 0. The van der Waals surface area contributed by atoms with Gasteiger partial charge in [0.2, 0.25) is 0 Å². The molecule has 0 unspecified atom stereocenters. The van der Waals surface area contributed by atoms with E-state index in [9.17, 15) is 14.3 Å². The van der Waals surface area contributed by atoms with Gasteiger partial charge >= 0.3 is 0 Å². The summed E-state index contributed by atoms with van der Waals surface area (Å²) in [4.78, 5) is 14.5. The van der Waals surface area contributed by atoms with Crippen LogP contribution in [0.1, 0.15) is 12.5 Å². The highest BCUT2D eigenvalue weighted by atomic mass is 32.2. The number of hydrogen-bond donors (Lipinski definition) is 1. The van der Waals surface area contributed by atoms with Crippen molar-refractivity contribution in [3.8, 4) is 11.5 Å². The Kier molecular flexibility index (Phi) is 5.06. The minimum Gasteiger partial charge on any atom is -0.504 e. The Bertz CT molecular complexity index is 865. The molecule has 1 amide bonds. The monoisotopic (exact) mass is 375 g/mol.